The average Bonchev–Trinajstić information content (AvgIpc) is 2.94. The van der Waals surface area contributed by atoms with Crippen molar-refractivity contribution in [3.05, 3.63) is 60.4 Å². The van der Waals surface area contributed by atoms with Gasteiger partial charge in [0.05, 0.1) is 6.61 Å². The molecule has 0 aliphatic carbocycles. The minimum absolute atomic E-state index is 0.268. The van der Waals surface area contributed by atoms with Crippen LogP contribution in [0.1, 0.15) is 17.5 Å². The summed E-state index contributed by atoms with van der Waals surface area (Å²) in [5.74, 6) is 0.805. The maximum atomic E-state index is 12.2. The van der Waals surface area contributed by atoms with E-state index in [4.69, 9.17) is 9.15 Å². The third kappa shape index (κ3) is 2.89. The molecule has 0 aliphatic rings. The molecule has 0 bridgehead atoms. The molecule has 0 radical (unpaired) electrons. The predicted molar refractivity (Wildman–Crippen MR) is 81.8 cm³/mol. The van der Waals surface area contributed by atoms with Crippen molar-refractivity contribution < 1.29 is 13.9 Å². The SMILES string of the molecule is CCOc1ccc(NC(=O)c2cc3ccccc3o2)cc1. The smallest absolute Gasteiger partial charge is 0.291 e. The first kappa shape index (κ1) is 13.2. The summed E-state index contributed by atoms with van der Waals surface area (Å²) in [6, 6.07) is 16.5. The Hall–Kier alpha value is -2.75. The molecule has 3 aromatic rings. The zero-order chi connectivity index (χ0) is 14.7. The van der Waals surface area contributed by atoms with Crippen LogP contribution >= 0.6 is 0 Å². The largest absolute Gasteiger partial charge is 0.494 e. The quantitative estimate of drug-likeness (QED) is 0.783. The maximum Gasteiger partial charge on any atom is 0.291 e. The lowest BCUT2D eigenvalue weighted by atomic mass is 10.2. The first-order valence-corrected chi connectivity index (χ1v) is 6.79. The van der Waals surface area contributed by atoms with Crippen LogP contribution in [0.2, 0.25) is 0 Å². The minimum Gasteiger partial charge on any atom is -0.494 e. The molecule has 0 saturated carbocycles. The number of hydrogen-bond acceptors (Lipinski definition) is 3. The van der Waals surface area contributed by atoms with E-state index in [-0.39, 0.29) is 5.91 Å². The fraction of sp³-hybridized carbons (Fsp3) is 0.118. The van der Waals surface area contributed by atoms with E-state index >= 15 is 0 Å². The van der Waals surface area contributed by atoms with E-state index in [0.29, 0.717) is 23.6 Å². The van der Waals surface area contributed by atoms with E-state index in [2.05, 4.69) is 5.32 Å². The molecule has 0 atom stereocenters. The summed E-state index contributed by atoms with van der Waals surface area (Å²) in [4.78, 5) is 12.2. The first-order valence-electron chi connectivity index (χ1n) is 6.79. The van der Waals surface area contributed by atoms with E-state index in [0.717, 1.165) is 11.1 Å². The van der Waals surface area contributed by atoms with Gasteiger partial charge in [-0.05, 0) is 43.3 Å². The van der Waals surface area contributed by atoms with Crippen LogP contribution in [0.4, 0.5) is 5.69 Å². The number of carbonyl (C=O) groups excluding carboxylic acids is 1. The van der Waals surface area contributed by atoms with Crippen molar-refractivity contribution in [2.24, 2.45) is 0 Å². The first-order chi connectivity index (χ1) is 10.3. The van der Waals surface area contributed by atoms with Gasteiger partial charge in [-0.3, -0.25) is 4.79 Å². The second-order valence-electron chi connectivity index (χ2n) is 4.56. The highest BCUT2D eigenvalue weighted by Gasteiger charge is 2.12. The third-order valence-corrected chi connectivity index (χ3v) is 3.07. The molecule has 106 valence electrons. The number of carbonyl (C=O) groups is 1. The molecule has 0 fully saturated rings. The van der Waals surface area contributed by atoms with Crippen LogP contribution in [-0.2, 0) is 0 Å². The maximum absolute atomic E-state index is 12.2. The Balaban J connectivity index is 1.76. The summed E-state index contributed by atoms with van der Waals surface area (Å²) in [5.41, 5.74) is 1.40. The Labute approximate surface area is 122 Å². The molecule has 0 unspecified atom stereocenters. The van der Waals surface area contributed by atoms with Crippen molar-refractivity contribution in [3.63, 3.8) is 0 Å². The zero-order valence-electron chi connectivity index (χ0n) is 11.6. The Morgan fingerprint density at radius 2 is 1.90 bits per heavy atom. The molecule has 4 nitrogen and oxygen atoms in total. The fourth-order valence-corrected chi connectivity index (χ4v) is 2.09. The number of amides is 1. The van der Waals surface area contributed by atoms with Gasteiger partial charge in [0.1, 0.15) is 11.3 Å². The summed E-state index contributed by atoms with van der Waals surface area (Å²) in [7, 11) is 0. The lowest BCUT2D eigenvalue weighted by Crippen LogP contribution is -2.10. The van der Waals surface area contributed by atoms with Crippen LogP contribution in [0.3, 0.4) is 0 Å². The van der Waals surface area contributed by atoms with E-state index in [1.807, 2.05) is 43.3 Å². The molecule has 1 heterocycles. The highest BCUT2D eigenvalue weighted by atomic mass is 16.5. The topological polar surface area (TPSA) is 51.5 Å². The number of hydrogen-bond donors (Lipinski definition) is 1. The van der Waals surface area contributed by atoms with Crippen LogP contribution in [0.15, 0.2) is 59.0 Å². The molecular weight excluding hydrogens is 266 g/mol. The lowest BCUT2D eigenvalue weighted by molar-refractivity contribution is 0.0998. The van der Waals surface area contributed by atoms with Crippen LogP contribution in [0.25, 0.3) is 11.0 Å². The van der Waals surface area contributed by atoms with Gasteiger partial charge in [-0.1, -0.05) is 18.2 Å². The predicted octanol–water partition coefficient (Wildman–Crippen LogP) is 4.08. The van der Waals surface area contributed by atoms with Crippen LogP contribution in [0.5, 0.6) is 5.75 Å². The fourth-order valence-electron chi connectivity index (χ4n) is 2.09. The number of nitrogens with one attached hydrogen (secondary N) is 1. The minimum atomic E-state index is -0.268. The zero-order valence-corrected chi connectivity index (χ0v) is 11.6. The van der Waals surface area contributed by atoms with Gasteiger partial charge in [-0.25, -0.2) is 0 Å². The number of furan rings is 1. The van der Waals surface area contributed by atoms with Gasteiger partial charge in [-0.15, -0.1) is 0 Å². The molecule has 21 heavy (non-hydrogen) atoms. The number of rotatable bonds is 4. The molecule has 2 aromatic carbocycles. The average molecular weight is 281 g/mol. The number of ether oxygens (including phenoxy) is 1. The van der Waals surface area contributed by atoms with Gasteiger partial charge < -0.3 is 14.5 Å². The van der Waals surface area contributed by atoms with E-state index in [1.165, 1.54) is 0 Å². The van der Waals surface area contributed by atoms with Crippen molar-refractivity contribution in [2.75, 3.05) is 11.9 Å². The molecule has 1 N–H and O–H groups in total. The van der Waals surface area contributed by atoms with Gasteiger partial charge in [-0.2, -0.15) is 0 Å². The van der Waals surface area contributed by atoms with Gasteiger partial charge in [0.2, 0.25) is 0 Å². The third-order valence-electron chi connectivity index (χ3n) is 3.07. The van der Waals surface area contributed by atoms with Gasteiger partial charge in [0.25, 0.3) is 5.91 Å². The molecule has 1 amide bonds. The summed E-state index contributed by atoms with van der Waals surface area (Å²) in [5, 5.41) is 3.71. The van der Waals surface area contributed by atoms with Gasteiger partial charge in [0, 0.05) is 11.1 Å². The monoisotopic (exact) mass is 281 g/mol. The molecule has 0 saturated heterocycles. The van der Waals surface area contributed by atoms with Crippen molar-refractivity contribution in [2.45, 2.75) is 6.92 Å². The second-order valence-corrected chi connectivity index (χ2v) is 4.56. The van der Waals surface area contributed by atoms with E-state index in [1.54, 1.807) is 18.2 Å². The summed E-state index contributed by atoms with van der Waals surface area (Å²) in [6.45, 7) is 2.54. The number of fused-ring (bicyclic) bond motifs is 1. The summed E-state index contributed by atoms with van der Waals surface area (Å²) >= 11 is 0. The molecule has 3 rings (SSSR count). The number of benzene rings is 2. The van der Waals surface area contributed by atoms with Crippen molar-refractivity contribution in [1.82, 2.24) is 0 Å². The Bertz CT molecular complexity index is 726. The van der Waals surface area contributed by atoms with Gasteiger partial charge >= 0.3 is 0 Å². The molecule has 0 spiro atoms. The normalized spacial score (nSPS) is 10.5. The number of para-hydroxylation sites is 1. The van der Waals surface area contributed by atoms with Crippen LogP contribution in [0, 0.1) is 0 Å². The van der Waals surface area contributed by atoms with E-state index in [9.17, 15) is 4.79 Å². The standard InChI is InChI=1S/C17H15NO3/c1-2-20-14-9-7-13(8-10-14)18-17(19)16-11-12-5-3-4-6-15(12)21-16/h3-11H,2H2,1H3,(H,18,19). The van der Waals surface area contributed by atoms with E-state index < -0.39 is 0 Å². The second kappa shape index (κ2) is 5.71. The van der Waals surface area contributed by atoms with Crippen LogP contribution < -0.4 is 10.1 Å². The highest BCUT2D eigenvalue weighted by Crippen LogP contribution is 2.21. The molecular formula is C17H15NO3. The summed E-state index contributed by atoms with van der Waals surface area (Å²) in [6.07, 6.45) is 0. The van der Waals surface area contributed by atoms with Crippen LogP contribution in [-0.4, -0.2) is 12.5 Å². The Morgan fingerprint density at radius 3 is 2.62 bits per heavy atom. The summed E-state index contributed by atoms with van der Waals surface area (Å²) < 4.78 is 10.9. The molecule has 4 heteroatoms. The van der Waals surface area contributed by atoms with Crippen molar-refractivity contribution >= 4 is 22.6 Å². The van der Waals surface area contributed by atoms with Gasteiger partial charge in [0.15, 0.2) is 5.76 Å². The van der Waals surface area contributed by atoms with Crippen molar-refractivity contribution in [3.8, 4) is 5.75 Å². The Morgan fingerprint density at radius 1 is 1.14 bits per heavy atom. The molecule has 0 aliphatic heterocycles. The van der Waals surface area contributed by atoms with Crippen molar-refractivity contribution in [1.29, 1.82) is 0 Å². The lowest BCUT2D eigenvalue weighted by Gasteiger charge is -2.05. The Kier molecular flexibility index (Phi) is 3.60. The highest BCUT2D eigenvalue weighted by molar-refractivity contribution is 6.04. The number of anilines is 1. The molecule has 1 aromatic heterocycles.